The predicted octanol–water partition coefficient (Wildman–Crippen LogP) is 3.48. The number of rotatable bonds is 4. The molecule has 0 bridgehead atoms. The molecule has 2 nitrogen and oxygen atoms in total. The Morgan fingerprint density at radius 2 is 1.94 bits per heavy atom. The summed E-state index contributed by atoms with van der Waals surface area (Å²) in [6.45, 7) is 4.27. The lowest BCUT2D eigenvalue weighted by molar-refractivity contribution is 0.386. The van der Waals surface area contributed by atoms with Crippen LogP contribution in [0.1, 0.15) is 58.8 Å². The van der Waals surface area contributed by atoms with Crippen LogP contribution >= 0.6 is 11.8 Å². The molecule has 0 aromatic carbocycles. The summed E-state index contributed by atoms with van der Waals surface area (Å²) in [7, 11) is 0. The van der Waals surface area contributed by atoms with Crippen molar-refractivity contribution in [2.24, 2.45) is 0 Å². The van der Waals surface area contributed by atoms with E-state index in [1.807, 2.05) is 0 Å². The van der Waals surface area contributed by atoms with Gasteiger partial charge in [-0.2, -0.15) is 17.0 Å². The molecule has 2 fully saturated rings. The number of nitrogens with one attached hydrogen (secondary N) is 1. The fraction of sp³-hybridized carbons (Fsp3) is 0.929. The molecule has 2 aliphatic carbocycles. The smallest absolute Gasteiger partial charge is 0.108 e. The highest BCUT2D eigenvalue weighted by Gasteiger charge is 2.40. The van der Waals surface area contributed by atoms with Gasteiger partial charge in [-0.3, -0.25) is 5.32 Å². The number of nitrogens with zero attached hydrogens (tertiary/aromatic N) is 1. The number of hydrogen-bond donors (Lipinski definition) is 1. The van der Waals surface area contributed by atoms with Gasteiger partial charge in [0.15, 0.2) is 0 Å². The maximum absolute atomic E-state index is 9.42. The predicted molar refractivity (Wildman–Crippen MR) is 74.1 cm³/mol. The van der Waals surface area contributed by atoms with Gasteiger partial charge in [-0.25, -0.2) is 0 Å². The summed E-state index contributed by atoms with van der Waals surface area (Å²) in [6, 6.07) is 2.95. The van der Waals surface area contributed by atoms with Crippen molar-refractivity contribution < 1.29 is 0 Å². The van der Waals surface area contributed by atoms with Crippen molar-refractivity contribution in [3.8, 4) is 6.07 Å². The quantitative estimate of drug-likeness (QED) is 0.832. The zero-order valence-corrected chi connectivity index (χ0v) is 11.9. The molecular formula is C14H24N2S. The van der Waals surface area contributed by atoms with Crippen LogP contribution in [0.15, 0.2) is 0 Å². The van der Waals surface area contributed by atoms with Crippen molar-refractivity contribution in [2.45, 2.75) is 80.9 Å². The van der Waals surface area contributed by atoms with Crippen LogP contribution in [-0.2, 0) is 0 Å². The minimum absolute atomic E-state index is 0.232. The van der Waals surface area contributed by atoms with Crippen LogP contribution in [0.25, 0.3) is 0 Å². The third kappa shape index (κ3) is 3.39. The van der Waals surface area contributed by atoms with Gasteiger partial charge in [0.2, 0.25) is 0 Å². The Labute approximate surface area is 110 Å². The van der Waals surface area contributed by atoms with Crippen molar-refractivity contribution in [3.63, 3.8) is 0 Å². The zero-order chi connectivity index (χ0) is 12.3. The molecule has 0 aliphatic heterocycles. The summed E-state index contributed by atoms with van der Waals surface area (Å²) in [5.41, 5.74) is -0.232. The molecule has 0 heterocycles. The van der Waals surface area contributed by atoms with Gasteiger partial charge < -0.3 is 0 Å². The summed E-state index contributed by atoms with van der Waals surface area (Å²) >= 11 is 2.17. The van der Waals surface area contributed by atoms with Crippen LogP contribution in [0.3, 0.4) is 0 Å². The van der Waals surface area contributed by atoms with E-state index < -0.39 is 0 Å². The molecule has 0 aromatic rings. The van der Waals surface area contributed by atoms with Gasteiger partial charge >= 0.3 is 0 Å². The maximum atomic E-state index is 9.42. The number of nitriles is 1. The van der Waals surface area contributed by atoms with E-state index in [0.29, 0.717) is 11.3 Å². The maximum Gasteiger partial charge on any atom is 0.108 e. The minimum atomic E-state index is -0.232. The highest BCUT2D eigenvalue weighted by atomic mass is 32.2. The van der Waals surface area contributed by atoms with Crippen molar-refractivity contribution >= 4 is 11.8 Å². The molecule has 2 rings (SSSR count). The van der Waals surface area contributed by atoms with Gasteiger partial charge in [0, 0.05) is 16.5 Å². The van der Waals surface area contributed by atoms with Gasteiger partial charge in [-0.05, 0) is 46.0 Å². The topological polar surface area (TPSA) is 35.8 Å². The standard InChI is InChI=1S/C14H24N2S/c1-11(2)16-14(10-15)8-7-13(9-14)17-12-5-3-4-6-12/h11-13,16H,3-9H2,1-2H3. The van der Waals surface area contributed by atoms with Crippen LogP contribution in [-0.4, -0.2) is 22.1 Å². The molecule has 2 aliphatic rings. The van der Waals surface area contributed by atoms with Crippen LogP contribution in [0, 0.1) is 11.3 Å². The molecule has 3 heteroatoms. The Hall–Kier alpha value is -0.200. The second kappa shape index (κ2) is 5.63. The third-order valence-electron chi connectivity index (χ3n) is 3.94. The molecule has 0 amide bonds. The van der Waals surface area contributed by atoms with E-state index >= 15 is 0 Å². The van der Waals surface area contributed by atoms with E-state index in [2.05, 4.69) is 37.0 Å². The summed E-state index contributed by atoms with van der Waals surface area (Å²) in [6.07, 6.45) is 8.93. The van der Waals surface area contributed by atoms with E-state index in [9.17, 15) is 5.26 Å². The largest absolute Gasteiger partial charge is 0.297 e. The van der Waals surface area contributed by atoms with Gasteiger partial charge in [-0.15, -0.1) is 0 Å². The normalized spacial score (nSPS) is 34.4. The second-order valence-electron chi connectivity index (χ2n) is 5.90. The van der Waals surface area contributed by atoms with E-state index in [1.165, 1.54) is 32.1 Å². The van der Waals surface area contributed by atoms with E-state index in [4.69, 9.17) is 0 Å². The van der Waals surface area contributed by atoms with E-state index in [0.717, 1.165) is 18.1 Å². The minimum Gasteiger partial charge on any atom is -0.297 e. The lowest BCUT2D eigenvalue weighted by atomic mass is 9.99. The average molecular weight is 252 g/mol. The summed E-state index contributed by atoms with van der Waals surface area (Å²) in [4.78, 5) is 0. The lowest BCUT2D eigenvalue weighted by Gasteiger charge is -2.25. The fourth-order valence-electron chi connectivity index (χ4n) is 3.23. The van der Waals surface area contributed by atoms with E-state index in [-0.39, 0.29) is 5.54 Å². The third-order valence-corrected chi connectivity index (χ3v) is 5.58. The molecule has 2 saturated carbocycles. The van der Waals surface area contributed by atoms with Gasteiger partial charge in [0.1, 0.15) is 5.54 Å². The summed E-state index contributed by atoms with van der Waals surface area (Å²) in [5, 5.41) is 14.5. The highest BCUT2D eigenvalue weighted by molar-refractivity contribution is 8.00. The number of hydrogen-bond acceptors (Lipinski definition) is 3. The first kappa shape index (κ1) is 13.2. The van der Waals surface area contributed by atoms with Gasteiger partial charge in [0.25, 0.3) is 0 Å². The van der Waals surface area contributed by atoms with Crippen molar-refractivity contribution in [2.75, 3.05) is 0 Å². The van der Waals surface area contributed by atoms with Gasteiger partial charge in [-0.1, -0.05) is 12.8 Å². The molecule has 1 N–H and O–H groups in total. The zero-order valence-electron chi connectivity index (χ0n) is 11.0. The van der Waals surface area contributed by atoms with Crippen LogP contribution < -0.4 is 5.32 Å². The molecular weight excluding hydrogens is 228 g/mol. The van der Waals surface area contributed by atoms with Gasteiger partial charge in [0.05, 0.1) is 6.07 Å². The molecule has 0 radical (unpaired) electrons. The Morgan fingerprint density at radius 3 is 2.53 bits per heavy atom. The molecule has 0 aromatic heterocycles. The highest BCUT2D eigenvalue weighted by Crippen LogP contribution is 2.42. The van der Waals surface area contributed by atoms with Crippen LogP contribution in [0.5, 0.6) is 0 Å². The van der Waals surface area contributed by atoms with Crippen LogP contribution in [0.4, 0.5) is 0 Å². The molecule has 0 spiro atoms. The summed E-state index contributed by atoms with van der Waals surface area (Å²) in [5.74, 6) is 0. The first-order chi connectivity index (χ1) is 8.13. The Morgan fingerprint density at radius 1 is 1.24 bits per heavy atom. The SMILES string of the molecule is CC(C)NC1(C#N)CCC(SC2CCCC2)C1. The first-order valence-electron chi connectivity index (χ1n) is 6.98. The Bertz CT molecular complexity index is 291. The molecule has 2 atom stereocenters. The molecule has 96 valence electrons. The molecule has 2 unspecified atom stereocenters. The fourth-order valence-corrected chi connectivity index (χ4v) is 5.01. The monoisotopic (exact) mass is 252 g/mol. The Kier molecular flexibility index (Phi) is 4.38. The van der Waals surface area contributed by atoms with Crippen LogP contribution in [0.2, 0.25) is 0 Å². The molecule has 0 saturated heterocycles. The van der Waals surface area contributed by atoms with Crippen molar-refractivity contribution in [3.05, 3.63) is 0 Å². The second-order valence-corrected chi connectivity index (χ2v) is 7.51. The number of thioether (sulfide) groups is 1. The first-order valence-corrected chi connectivity index (χ1v) is 7.92. The van der Waals surface area contributed by atoms with Crippen molar-refractivity contribution in [1.82, 2.24) is 5.32 Å². The lowest BCUT2D eigenvalue weighted by Crippen LogP contribution is -2.45. The Balaban J connectivity index is 1.86. The average Bonchev–Trinajstić information content (AvgIpc) is 2.89. The van der Waals surface area contributed by atoms with Crippen molar-refractivity contribution in [1.29, 1.82) is 5.26 Å². The summed E-state index contributed by atoms with van der Waals surface area (Å²) < 4.78 is 0. The molecule has 17 heavy (non-hydrogen) atoms. The van der Waals surface area contributed by atoms with E-state index in [1.54, 1.807) is 0 Å².